The number of fused-ring (bicyclic) bond motifs is 1. The number of hydrogen-bond donors (Lipinski definition) is 1. The summed E-state index contributed by atoms with van der Waals surface area (Å²) in [6.07, 6.45) is 3.25. The molecule has 31 heavy (non-hydrogen) atoms. The quantitative estimate of drug-likeness (QED) is 0.502. The van der Waals surface area contributed by atoms with E-state index in [4.69, 9.17) is 4.74 Å². The molecule has 3 aromatic heterocycles. The van der Waals surface area contributed by atoms with Gasteiger partial charge in [-0.2, -0.15) is 5.10 Å². The monoisotopic (exact) mass is 435 g/mol. The van der Waals surface area contributed by atoms with E-state index in [1.54, 1.807) is 48.3 Å². The van der Waals surface area contributed by atoms with E-state index < -0.39 is 5.82 Å². The first-order chi connectivity index (χ1) is 15.1. The molecule has 0 bridgehead atoms. The number of rotatable bonds is 5. The van der Waals surface area contributed by atoms with Crippen molar-refractivity contribution < 1.29 is 13.9 Å². The Kier molecular flexibility index (Phi) is 4.95. The molecule has 1 aliphatic rings. The highest BCUT2D eigenvalue weighted by atomic mass is 32.1. The third-order valence-electron chi connectivity index (χ3n) is 5.16. The molecule has 4 heterocycles. The third kappa shape index (κ3) is 3.57. The molecule has 0 saturated heterocycles. The van der Waals surface area contributed by atoms with Crippen LogP contribution in [-0.4, -0.2) is 32.8 Å². The summed E-state index contributed by atoms with van der Waals surface area (Å²) in [7, 11) is 1.58. The zero-order chi connectivity index (χ0) is 21.4. The number of anilines is 1. The van der Waals surface area contributed by atoms with Crippen LogP contribution in [0.25, 0.3) is 22.6 Å². The van der Waals surface area contributed by atoms with E-state index in [0.29, 0.717) is 45.6 Å². The standard InChI is InChI=1S/C22H18FN5O2S/c1-30-13-8-9-16(24-11-13)17-12-31-22(25-17)26-21(29)19-18-7-4-10-28(18)27-20(19)14-5-2-3-6-15(14)23/h2-3,5-6,8-9,11-12H,4,7,10H2,1H3,(H,25,26,29). The second-order valence-corrected chi connectivity index (χ2v) is 7.91. The average Bonchev–Trinajstić information content (AvgIpc) is 3.50. The van der Waals surface area contributed by atoms with Gasteiger partial charge in [0.15, 0.2) is 5.13 Å². The van der Waals surface area contributed by atoms with Crippen LogP contribution in [0, 0.1) is 5.82 Å². The van der Waals surface area contributed by atoms with Gasteiger partial charge < -0.3 is 4.74 Å². The van der Waals surface area contributed by atoms with Gasteiger partial charge in [-0.3, -0.25) is 19.8 Å². The summed E-state index contributed by atoms with van der Waals surface area (Å²) >= 11 is 1.30. The summed E-state index contributed by atoms with van der Waals surface area (Å²) in [5.74, 6) is -0.0938. The number of pyridine rings is 1. The lowest BCUT2D eigenvalue weighted by Crippen LogP contribution is -2.14. The fraction of sp³-hybridized carbons (Fsp3) is 0.182. The van der Waals surface area contributed by atoms with Gasteiger partial charge in [-0.25, -0.2) is 9.37 Å². The van der Waals surface area contributed by atoms with Gasteiger partial charge in [0.1, 0.15) is 23.0 Å². The maximum Gasteiger partial charge on any atom is 0.261 e. The van der Waals surface area contributed by atoms with E-state index in [9.17, 15) is 9.18 Å². The number of hydrogen-bond acceptors (Lipinski definition) is 6. The Labute approximate surface area is 181 Å². The molecular formula is C22H18FN5O2S. The number of nitrogens with one attached hydrogen (secondary N) is 1. The third-order valence-corrected chi connectivity index (χ3v) is 5.91. The fourth-order valence-corrected chi connectivity index (χ4v) is 4.37. The highest BCUT2D eigenvalue weighted by molar-refractivity contribution is 7.14. The molecule has 0 unspecified atom stereocenters. The summed E-state index contributed by atoms with van der Waals surface area (Å²) in [4.78, 5) is 22.0. The molecule has 0 radical (unpaired) electrons. The number of benzene rings is 1. The van der Waals surface area contributed by atoms with Gasteiger partial charge in [-0.05, 0) is 37.1 Å². The number of thiazole rings is 1. The van der Waals surface area contributed by atoms with Crippen LogP contribution in [0.5, 0.6) is 5.75 Å². The summed E-state index contributed by atoms with van der Waals surface area (Å²) in [6, 6.07) is 9.97. The van der Waals surface area contributed by atoms with Crippen LogP contribution in [0.4, 0.5) is 9.52 Å². The summed E-state index contributed by atoms with van der Waals surface area (Å²) < 4.78 is 21.4. The minimum absolute atomic E-state index is 0.316. The molecule has 1 aliphatic heterocycles. The van der Waals surface area contributed by atoms with Crippen molar-refractivity contribution in [3.63, 3.8) is 0 Å². The van der Waals surface area contributed by atoms with E-state index in [-0.39, 0.29) is 5.91 Å². The molecule has 4 aromatic rings. The number of methoxy groups -OCH3 is 1. The molecule has 1 amide bonds. The Balaban J connectivity index is 1.45. The zero-order valence-electron chi connectivity index (χ0n) is 16.6. The first kappa shape index (κ1) is 19.4. The Morgan fingerprint density at radius 3 is 2.87 bits per heavy atom. The van der Waals surface area contributed by atoms with Crippen LogP contribution in [0.15, 0.2) is 48.0 Å². The second-order valence-electron chi connectivity index (χ2n) is 7.05. The molecule has 0 aliphatic carbocycles. The molecule has 0 fully saturated rings. The lowest BCUT2D eigenvalue weighted by Gasteiger charge is -2.06. The molecule has 1 N–H and O–H groups in total. The molecule has 7 nitrogen and oxygen atoms in total. The number of aromatic nitrogens is 4. The number of amides is 1. The Morgan fingerprint density at radius 1 is 1.23 bits per heavy atom. The van der Waals surface area contributed by atoms with Crippen molar-refractivity contribution in [3.8, 4) is 28.4 Å². The van der Waals surface area contributed by atoms with E-state index in [2.05, 4.69) is 20.4 Å². The number of nitrogens with zero attached hydrogens (tertiary/aromatic N) is 4. The van der Waals surface area contributed by atoms with Crippen LogP contribution >= 0.6 is 11.3 Å². The summed E-state index contributed by atoms with van der Waals surface area (Å²) in [6.45, 7) is 0.717. The smallest absolute Gasteiger partial charge is 0.261 e. The molecule has 156 valence electrons. The van der Waals surface area contributed by atoms with E-state index in [0.717, 1.165) is 18.5 Å². The van der Waals surface area contributed by atoms with Crippen LogP contribution in [0.3, 0.4) is 0 Å². The number of halogens is 1. The summed E-state index contributed by atoms with van der Waals surface area (Å²) in [5, 5.41) is 9.65. The first-order valence-corrected chi connectivity index (χ1v) is 10.6. The maximum absolute atomic E-state index is 14.4. The Hall–Kier alpha value is -3.59. The predicted molar refractivity (Wildman–Crippen MR) is 116 cm³/mol. The molecule has 1 aromatic carbocycles. The van der Waals surface area contributed by atoms with Crippen LogP contribution in [0.1, 0.15) is 22.5 Å². The van der Waals surface area contributed by atoms with Crippen molar-refractivity contribution >= 4 is 22.4 Å². The van der Waals surface area contributed by atoms with Crippen LogP contribution < -0.4 is 10.1 Å². The van der Waals surface area contributed by atoms with E-state index in [1.165, 1.54) is 17.4 Å². The molecule has 5 rings (SSSR count). The molecule has 0 saturated carbocycles. The minimum Gasteiger partial charge on any atom is -0.495 e. The van der Waals surface area contributed by atoms with Crippen molar-refractivity contribution in [3.05, 3.63) is 65.0 Å². The van der Waals surface area contributed by atoms with Gasteiger partial charge in [0.2, 0.25) is 0 Å². The van der Waals surface area contributed by atoms with Crippen molar-refractivity contribution in [1.29, 1.82) is 0 Å². The van der Waals surface area contributed by atoms with Crippen molar-refractivity contribution in [2.24, 2.45) is 0 Å². The van der Waals surface area contributed by atoms with Gasteiger partial charge in [-0.15, -0.1) is 11.3 Å². The maximum atomic E-state index is 14.4. The SMILES string of the molecule is COc1ccc(-c2csc(NC(=O)c3c(-c4ccccc4F)nn4c3CCC4)n2)nc1. The number of ether oxygens (including phenoxy) is 1. The molecule has 0 spiro atoms. The van der Waals surface area contributed by atoms with Gasteiger partial charge in [0.25, 0.3) is 5.91 Å². The normalized spacial score (nSPS) is 12.6. The lowest BCUT2D eigenvalue weighted by atomic mass is 10.0. The van der Waals surface area contributed by atoms with Gasteiger partial charge in [0.05, 0.1) is 30.3 Å². The van der Waals surface area contributed by atoms with Crippen molar-refractivity contribution in [1.82, 2.24) is 19.7 Å². The number of carbonyl (C=O) groups is 1. The van der Waals surface area contributed by atoms with Gasteiger partial charge in [0, 0.05) is 17.5 Å². The highest BCUT2D eigenvalue weighted by Gasteiger charge is 2.29. The van der Waals surface area contributed by atoms with Crippen molar-refractivity contribution in [2.75, 3.05) is 12.4 Å². The molecular weight excluding hydrogens is 417 g/mol. The summed E-state index contributed by atoms with van der Waals surface area (Å²) in [5.41, 5.74) is 3.23. The number of carbonyl (C=O) groups excluding carboxylic acids is 1. The number of aryl methyl sites for hydroxylation is 1. The topological polar surface area (TPSA) is 81.9 Å². The average molecular weight is 435 g/mol. The molecule has 9 heteroatoms. The molecule has 0 atom stereocenters. The minimum atomic E-state index is -0.407. The fourth-order valence-electron chi connectivity index (χ4n) is 3.67. The van der Waals surface area contributed by atoms with E-state index >= 15 is 0 Å². The highest BCUT2D eigenvalue weighted by Crippen LogP contribution is 2.32. The Bertz CT molecular complexity index is 1270. The van der Waals surface area contributed by atoms with Crippen LogP contribution in [0.2, 0.25) is 0 Å². The van der Waals surface area contributed by atoms with Gasteiger partial charge in [-0.1, -0.05) is 12.1 Å². The van der Waals surface area contributed by atoms with Crippen molar-refractivity contribution in [2.45, 2.75) is 19.4 Å². The second kappa shape index (κ2) is 7.92. The Morgan fingerprint density at radius 2 is 2.10 bits per heavy atom. The lowest BCUT2D eigenvalue weighted by molar-refractivity contribution is 0.102. The van der Waals surface area contributed by atoms with Crippen LogP contribution in [-0.2, 0) is 13.0 Å². The largest absolute Gasteiger partial charge is 0.495 e. The van der Waals surface area contributed by atoms with Gasteiger partial charge >= 0.3 is 0 Å². The zero-order valence-corrected chi connectivity index (χ0v) is 17.4. The predicted octanol–water partition coefficient (Wildman–Crippen LogP) is 4.41. The van der Waals surface area contributed by atoms with E-state index in [1.807, 2.05) is 5.38 Å². The first-order valence-electron chi connectivity index (χ1n) is 9.76.